The van der Waals surface area contributed by atoms with E-state index in [9.17, 15) is 9.59 Å². The molecule has 2 rings (SSSR count). The number of esters is 1. The number of halogens is 1. The lowest BCUT2D eigenvalue weighted by Crippen LogP contribution is -2.19. The largest absolute Gasteiger partial charge is 0.462 e. The highest BCUT2D eigenvalue weighted by Gasteiger charge is 2.33. The number of carbonyl (C=O) groups excluding carboxylic acids is 2. The molecule has 1 fully saturated rings. The number of anilines is 1. The number of rotatable bonds is 3. The van der Waals surface area contributed by atoms with Crippen LogP contribution >= 0.6 is 11.6 Å². The Morgan fingerprint density at radius 2 is 2.39 bits per heavy atom. The number of pyridine rings is 1. The standard InChI is InChI=1S/C12H13ClN2O3/c1-7-4-8(12(17)18-7)5-11(16)15-10-3-2-9(13)6-14-10/h2-3,6-8H,4-5H2,1H3,(H,14,15,16)/t7-,8-/m1/s1. The maximum atomic E-state index is 11.7. The molecule has 0 bridgehead atoms. The van der Waals surface area contributed by atoms with Crippen LogP contribution in [0.15, 0.2) is 18.3 Å². The summed E-state index contributed by atoms with van der Waals surface area (Å²) in [6.07, 6.45) is 2.04. The second kappa shape index (κ2) is 5.35. The van der Waals surface area contributed by atoms with Crippen LogP contribution in [0.5, 0.6) is 0 Å². The second-order valence-corrected chi connectivity index (χ2v) is 4.73. The van der Waals surface area contributed by atoms with Crippen molar-refractivity contribution in [1.82, 2.24) is 4.98 Å². The minimum absolute atomic E-state index is 0.107. The Labute approximate surface area is 109 Å². The monoisotopic (exact) mass is 268 g/mol. The van der Waals surface area contributed by atoms with Gasteiger partial charge in [0.15, 0.2) is 0 Å². The van der Waals surface area contributed by atoms with Crippen molar-refractivity contribution in [3.63, 3.8) is 0 Å². The third-order valence-electron chi connectivity index (χ3n) is 2.69. The number of hydrogen-bond donors (Lipinski definition) is 1. The van der Waals surface area contributed by atoms with E-state index in [4.69, 9.17) is 16.3 Å². The highest BCUT2D eigenvalue weighted by molar-refractivity contribution is 6.30. The fourth-order valence-electron chi connectivity index (χ4n) is 1.87. The van der Waals surface area contributed by atoms with E-state index in [1.165, 1.54) is 6.20 Å². The smallest absolute Gasteiger partial charge is 0.309 e. The molecular weight excluding hydrogens is 256 g/mol. The summed E-state index contributed by atoms with van der Waals surface area (Å²) in [5, 5.41) is 3.12. The number of hydrogen-bond acceptors (Lipinski definition) is 4. The van der Waals surface area contributed by atoms with Gasteiger partial charge in [0.25, 0.3) is 0 Å². The van der Waals surface area contributed by atoms with Crippen molar-refractivity contribution in [3.05, 3.63) is 23.4 Å². The molecule has 0 saturated carbocycles. The summed E-state index contributed by atoms with van der Waals surface area (Å²) in [5.74, 6) is -0.487. The Kier molecular flexibility index (Phi) is 3.81. The number of cyclic esters (lactones) is 1. The molecule has 1 aliphatic rings. The van der Waals surface area contributed by atoms with E-state index in [0.29, 0.717) is 17.3 Å². The van der Waals surface area contributed by atoms with Crippen LogP contribution in [0.2, 0.25) is 5.02 Å². The molecule has 1 aromatic rings. The molecule has 2 atom stereocenters. The van der Waals surface area contributed by atoms with E-state index in [0.717, 1.165) is 0 Å². The molecule has 1 amide bonds. The lowest BCUT2D eigenvalue weighted by atomic mass is 10.0. The number of ether oxygens (including phenoxy) is 1. The molecule has 0 spiro atoms. The quantitative estimate of drug-likeness (QED) is 0.852. The van der Waals surface area contributed by atoms with E-state index in [1.54, 1.807) is 12.1 Å². The average Bonchev–Trinajstić information content (AvgIpc) is 2.61. The van der Waals surface area contributed by atoms with Gasteiger partial charge in [0.2, 0.25) is 5.91 Å². The summed E-state index contributed by atoms with van der Waals surface area (Å²) in [5.41, 5.74) is 0. The minimum Gasteiger partial charge on any atom is -0.462 e. The highest BCUT2D eigenvalue weighted by Crippen LogP contribution is 2.24. The molecule has 5 nitrogen and oxygen atoms in total. The predicted octanol–water partition coefficient (Wildman–Crippen LogP) is 2.02. The normalized spacial score (nSPS) is 22.7. The zero-order valence-corrected chi connectivity index (χ0v) is 10.6. The van der Waals surface area contributed by atoms with Crippen LogP contribution in [0.25, 0.3) is 0 Å². The Balaban J connectivity index is 1.89. The lowest BCUT2D eigenvalue weighted by Gasteiger charge is -2.06. The van der Waals surface area contributed by atoms with Gasteiger partial charge in [-0.25, -0.2) is 4.98 Å². The zero-order valence-electron chi connectivity index (χ0n) is 9.85. The first-order valence-corrected chi connectivity index (χ1v) is 6.04. The van der Waals surface area contributed by atoms with E-state index in [-0.39, 0.29) is 30.3 Å². The van der Waals surface area contributed by atoms with Crippen molar-refractivity contribution >= 4 is 29.3 Å². The summed E-state index contributed by atoms with van der Waals surface area (Å²) in [6.45, 7) is 1.82. The van der Waals surface area contributed by atoms with E-state index in [1.807, 2.05) is 6.92 Å². The van der Waals surface area contributed by atoms with Gasteiger partial charge in [0, 0.05) is 12.6 Å². The molecule has 0 unspecified atom stereocenters. The van der Waals surface area contributed by atoms with Gasteiger partial charge in [-0.1, -0.05) is 11.6 Å². The van der Waals surface area contributed by atoms with Crippen molar-refractivity contribution in [2.75, 3.05) is 5.32 Å². The van der Waals surface area contributed by atoms with Crippen molar-refractivity contribution in [1.29, 1.82) is 0 Å². The van der Waals surface area contributed by atoms with Crippen molar-refractivity contribution in [2.45, 2.75) is 25.9 Å². The molecular formula is C12H13ClN2O3. The van der Waals surface area contributed by atoms with Crippen LogP contribution in [0.3, 0.4) is 0 Å². The van der Waals surface area contributed by atoms with Crippen molar-refractivity contribution in [2.24, 2.45) is 5.92 Å². The van der Waals surface area contributed by atoms with E-state index >= 15 is 0 Å². The molecule has 0 radical (unpaired) electrons. The first-order chi connectivity index (χ1) is 8.54. The van der Waals surface area contributed by atoms with Gasteiger partial charge >= 0.3 is 5.97 Å². The van der Waals surface area contributed by atoms with Crippen LogP contribution < -0.4 is 5.32 Å². The Morgan fingerprint density at radius 1 is 1.61 bits per heavy atom. The Hall–Kier alpha value is -1.62. The number of nitrogens with zero attached hydrogens (tertiary/aromatic N) is 1. The third-order valence-corrected chi connectivity index (χ3v) is 2.92. The fraction of sp³-hybridized carbons (Fsp3) is 0.417. The van der Waals surface area contributed by atoms with Crippen molar-refractivity contribution in [3.8, 4) is 0 Å². The molecule has 18 heavy (non-hydrogen) atoms. The lowest BCUT2D eigenvalue weighted by molar-refractivity contribution is -0.144. The molecule has 1 saturated heterocycles. The van der Waals surface area contributed by atoms with E-state index in [2.05, 4.69) is 10.3 Å². The summed E-state index contributed by atoms with van der Waals surface area (Å²) >= 11 is 5.68. The van der Waals surface area contributed by atoms with Crippen LogP contribution in [-0.2, 0) is 14.3 Å². The highest BCUT2D eigenvalue weighted by atomic mass is 35.5. The van der Waals surface area contributed by atoms with Gasteiger partial charge < -0.3 is 10.1 Å². The minimum atomic E-state index is -0.354. The van der Waals surface area contributed by atoms with Crippen LogP contribution in [0.1, 0.15) is 19.8 Å². The number of aromatic nitrogens is 1. The molecule has 96 valence electrons. The van der Waals surface area contributed by atoms with Gasteiger partial charge in [0.1, 0.15) is 5.82 Å². The predicted molar refractivity (Wildman–Crippen MR) is 66.2 cm³/mol. The average molecular weight is 269 g/mol. The molecule has 0 aliphatic carbocycles. The molecule has 2 heterocycles. The fourth-order valence-corrected chi connectivity index (χ4v) is 1.99. The summed E-state index contributed by atoms with van der Waals surface area (Å²) in [6, 6.07) is 3.24. The summed E-state index contributed by atoms with van der Waals surface area (Å²) in [4.78, 5) is 27.0. The number of nitrogens with one attached hydrogen (secondary N) is 1. The topological polar surface area (TPSA) is 68.3 Å². The van der Waals surface area contributed by atoms with Gasteiger partial charge in [-0.3, -0.25) is 9.59 Å². The Bertz CT molecular complexity index is 461. The van der Waals surface area contributed by atoms with Gasteiger partial charge in [-0.05, 0) is 25.5 Å². The SMILES string of the molecule is C[C@@H]1C[C@H](CC(=O)Nc2ccc(Cl)cn2)C(=O)O1. The Morgan fingerprint density at radius 3 is 2.94 bits per heavy atom. The molecule has 1 aromatic heterocycles. The molecule has 1 N–H and O–H groups in total. The van der Waals surface area contributed by atoms with Gasteiger partial charge in [0.05, 0.1) is 17.0 Å². The number of carbonyl (C=O) groups is 2. The zero-order chi connectivity index (χ0) is 13.1. The van der Waals surface area contributed by atoms with Crippen LogP contribution in [0, 0.1) is 5.92 Å². The summed E-state index contributed by atoms with van der Waals surface area (Å²) < 4.78 is 4.99. The maximum Gasteiger partial charge on any atom is 0.309 e. The van der Waals surface area contributed by atoms with Crippen LogP contribution in [0.4, 0.5) is 5.82 Å². The maximum absolute atomic E-state index is 11.7. The molecule has 6 heteroatoms. The summed E-state index contributed by atoms with van der Waals surface area (Å²) in [7, 11) is 0. The van der Waals surface area contributed by atoms with Crippen molar-refractivity contribution < 1.29 is 14.3 Å². The molecule has 1 aliphatic heterocycles. The second-order valence-electron chi connectivity index (χ2n) is 4.29. The van der Waals surface area contributed by atoms with E-state index < -0.39 is 0 Å². The first-order valence-electron chi connectivity index (χ1n) is 5.66. The molecule has 0 aromatic carbocycles. The number of amides is 1. The first kappa shape index (κ1) is 12.8. The van der Waals surface area contributed by atoms with Gasteiger partial charge in [-0.15, -0.1) is 0 Å². The third kappa shape index (κ3) is 3.20. The van der Waals surface area contributed by atoms with Crippen LogP contribution in [-0.4, -0.2) is 23.0 Å². The van der Waals surface area contributed by atoms with Gasteiger partial charge in [-0.2, -0.15) is 0 Å².